The molecule has 0 radical (unpaired) electrons. The van der Waals surface area contributed by atoms with Crippen molar-refractivity contribution in [2.24, 2.45) is 22.7 Å². The summed E-state index contributed by atoms with van der Waals surface area (Å²) >= 11 is 0. The van der Waals surface area contributed by atoms with Crippen molar-refractivity contribution in [2.45, 2.75) is 59.5 Å². The second-order valence-electron chi connectivity index (χ2n) is 9.87. The van der Waals surface area contributed by atoms with Crippen LogP contribution in [0.1, 0.15) is 52.0 Å². The van der Waals surface area contributed by atoms with Crippen molar-refractivity contribution >= 4 is 11.0 Å². The third kappa shape index (κ3) is 3.22. The van der Waals surface area contributed by atoms with Crippen LogP contribution in [0, 0.1) is 29.6 Å². The predicted molar refractivity (Wildman–Crippen MR) is 115 cm³/mol. The molecule has 2 aliphatic carbocycles. The largest absolute Gasteiger partial charge is 0.492 e. The molecule has 2 aromatic rings. The van der Waals surface area contributed by atoms with E-state index in [0.29, 0.717) is 23.9 Å². The number of fused-ring (bicyclic) bond motifs is 2. The Morgan fingerprint density at radius 3 is 2.79 bits per heavy atom. The van der Waals surface area contributed by atoms with Gasteiger partial charge in [-0.25, -0.2) is 4.79 Å². The van der Waals surface area contributed by atoms with E-state index < -0.39 is 5.63 Å². The molecule has 4 nitrogen and oxygen atoms in total. The first kappa shape index (κ1) is 20.2. The second kappa shape index (κ2) is 7.02. The van der Waals surface area contributed by atoms with Gasteiger partial charge < -0.3 is 14.3 Å². The van der Waals surface area contributed by atoms with Crippen molar-refractivity contribution in [3.8, 4) is 5.75 Å². The van der Waals surface area contributed by atoms with Crippen molar-refractivity contribution < 1.29 is 14.3 Å². The lowest BCUT2D eigenvalue weighted by Gasteiger charge is -2.59. The van der Waals surface area contributed by atoms with Crippen molar-refractivity contribution in [3.05, 3.63) is 52.4 Å². The van der Waals surface area contributed by atoms with Crippen LogP contribution in [0.5, 0.6) is 5.75 Å². The molecule has 0 amide bonds. The Balaban J connectivity index is 1.67. The highest BCUT2D eigenvalue weighted by molar-refractivity contribution is 5.86. The lowest BCUT2D eigenvalue weighted by Crippen LogP contribution is -2.55. The zero-order valence-electron chi connectivity index (χ0n) is 18.0. The molecular formula is C25H32O4. The van der Waals surface area contributed by atoms with Gasteiger partial charge in [-0.2, -0.15) is 0 Å². The zero-order valence-corrected chi connectivity index (χ0v) is 18.0. The normalized spacial score (nSPS) is 31.5. The molecular weight excluding hydrogens is 364 g/mol. The molecule has 0 saturated heterocycles. The van der Waals surface area contributed by atoms with E-state index in [1.807, 2.05) is 19.1 Å². The van der Waals surface area contributed by atoms with Crippen LogP contribution in [0.2, 0.25) is 0 Å². The molecule has 1 N–H and O–H groups in total. The molecule has 4 rings (SSSR count). The van der Waals surface area contributed by atoms with Crippen LogP contribution in [-0.2, 0) is 0 Å². The minimum Gasteiger partial charge on any atom is -0.492 e. The number of aliphatic hydroxyl groups is 1. The van der Waals surface area contributed by atoms with Crippen molar-refractivity contribution in [1.29, 1.82) is 0 Å². The average Bonchev–Trinajstić information content (AvgIpc) is 2.64. The SMILES string of the molecule is C=C1CC[C@@H]2C(C)(C)[C@H](O)CC[C@@]2(C)[C@H]1COc1cc(=O)oc2cccc(C)c12. The number of hydrogen-bond donors (Lipinski definition) is 1. The molecule has 1 aromatic heterocycles. The number of hydrogen-bond acceptors (Lipinski definition) is 4. The van der Waals surface area contributed by atoms with Crippen molar-refractivity contribution in [2.75, 3.05) is 6.61 Å². The van der Waals surface area contributed by atoms with Crippen LogP contribution in [0.15, 0.2) is 45.6 Å². The Labute approximate surface area is 172 Å². The van der Waals surface area contributed by atoms with E-state index in [1.165, 1.54) is 11.6 Å². The van der Waals surface area contributed by atoms with Gasteiger partial charge in [0, 0.05) is 5.92 Å². The topological polar surface area (TPSA) is 59.7 Å². The summed E-state index contributed by atoms with van der Waals surface area (Å²) in [7, 11) is 0. The Kier molecular flexibility index (Phi) is 4.89. The second-order valence-corrected chi connectivity index (χ2v) is 9.87. The molecule has 0 unspecified atom stereocenters. The molecule has 0 bridgehead atoms. The van der Waals surface area contributed by atoms with Gasteiger partial charge in [-0.15, -0.1) is 0 Å². The third-order valence-corrected chi connectivity index (χ3v) is 7.90. The molecule has 156 valence electrons. The highest BCUT2D eigenvalue weighted by Crippen LogP contribution is 2.60. The van der Waals surface area contributed by atoms with Gasteiger partial charge in [0.1, 0.15) is 11.3 Å². The summed E-state index contributed by atoms with van der Waals surface area (Å²) in [6, 6.07) is 7.14. The molecule has 1 heterocycles. The zero-order chi connectivity index (χ0) is 21.0. The van der Waals surface area contributed by atoms with E-state index in [-0.39, 0.29) is 22.9 Å². The summed E-state index contributed by atoms with van der Waals surface area (Å²) in [4.78, 5) is 12.1. The van der Waals surface area contributed by atoms with E-state index in [2.05, 4.69) is 27.4 Å². The highest BCUT2D eigenvalue weighted by Gasteiger charge is 2.56. The van der Waals surface area contributed by atoms with Gasteiger partial charge in [0.2, 0.25) is 0 Å². The first-order valence-electron chi connectivity index (χ1n) is 10.7. The molecule has 2 saturated carbocycles. The molecule has 29 heavy (non-hydrogen) atoms. The minimum atomic E-state index is -0.397. The van der Waals surface area contributed by atoms with Gasteiger partial charge >= 0.3 is 5.63 Å². The van der Waals surface area contributed by atoms with Crippen LogP contribution < -0.4 is 10.4 Å². The fourth-order valence-electron chi connectivity index (χ4n) is 6.12. The monoisotopic (exact) mass is 396 g/mol. The van der Waals surface area contributed by atoms with E-state index in [9.17, 15) is 9.90 Å². The molecule has 2 aliphatic rings. The maximum absolute atomic E-state index is 12.1. The summed E-state index contributed by atoms with van der Waals surface area (Å²) in [6.45, 7) is 13.6. The van der Waals surface area contributed by atoms with Gasteiger partial charge in [-0.05, 0) is 61.0 Å². The van der Waals surface area contributed by atoms with Crippen LogP contribution in [-0.4, -0.2) is 17.8 Å². The highest BCUT2D eigenvalue weighted by atomic mass is 16.5. The lowest BCUT2D eigenvalue weighted by molar-refractivity contribution is -0.128. The maximum atomic E-state index is 12.1. The van der Waals surface area contributed by atoms with Crippen molar-refractivity contribution in [3.63, 3.8) is 0 Å². The Bertz CT molecular complexity index is 1000. The summed E-state index contributed by atoms with van der Waals surface area (Å²) < 4.78 is 11.7. The van der Waals surface area contributed by atoms with Gasteiger partial charge in [0.25, 0.3) is 0 Å². The molecule has 0 aliphatic heterocycles. The minimum absolute atomic E-state index is 0.0301. The molecule has 0 spiro atoms. The quantitative estimate of drug-likeness (QED) is 0.569. The van der Waals surface area contributed by atoms with E-state index >= 15 is 0 Å². The first-order valence-corrected chi connectivity index (χ1v) is 10.7. The number of aliphatic hydroxyl groups excluding tert-OH is 1. The van der Waals surface area contributed by atoms with Crippen LogP contribution in [0.4, 0.5) is 0 Å². The Morgan fingerprint density at radius 1 is 1.28 bits per heavy atom. The van der Waals surface area contributed by atoms with Gasteiger partial charge in [0.15, 0.2) is 0 Å². The summed E-state index contributed by atoms with van der Waals surface area (Å²) in [5.41, 5.74) is 2.31. The number of rotatable bonds is 3. The van der Waals surface area contributed by atoms with E-state index in [4.69, 9.17) is 9.15 Å². The summed E-state index contributed by atoms with van der Waals surface area (Å²) in [6.07, 6.45) is 3.53. The van der Waals surface area contributed by atoms with Crippen molar-refractivity contribution in [1.82, 2.24) is 0 Å². The predicted octanol–water partition coefficient (Wildman–Crippen LogP) is 5.25. The Hall–Kier alpha value is -2.07. The maximum Gasteiger partial charge on any atom is 0.339 e. The molecule has 1 aromatic carbocycles. The number of benzene rings is 1. The third-order valence-electron chi connectivity index (χ3n) is 7.90. The Morgan fingerprint density at radius 2 is 2.03 bits per heavy atom. The van der Waals surface area contributed by atoms with E-state index in [1.54, 1.807) is 6.07 Å². The molecule has 4 heteroatoms. The summed E-state index contributed by atoms with van der Waals surface area (Å²) in [5.74, 6) is 1.19. The first-order chi connectivity index (χ1) is 13.6. The van der Waals surface area contributed by atoms with Gasteiger partial charge in [0.05, 0.1) is 24.2 Å². The van der Waals surface area contributed by atoms with Gasteiger partial charge in [-0.3, -0.25) is 0 Å². The molecule has 2 fully saturated rings. The lowest BCUT2D eigenvalue weighted by atomic mass is 9.47. The van der Waals surface area contributed by atoms with Gasteiger partial charge in [-0.1, -0.05) is 45.1 Å². The smallest absolute Gasteiger partial charge is 0.339 e. The van der Waals surface area contributed by atoms with Crippen LogP contribution in [0.25, 0.3) is 11.0 Å². The fourth-order valence-corrected chi connectivity index (χ4v) is 6.12. The molecule has 4 atom stereocenters. The number of aryl methyl sites for hydroxylation is 1. The van der Waals surface area contributed by atoms with E-state index in [0.717, 1.165) is 36.6 Å². The number of ether oxygens (including phenoxy) is 1. The summed E-state index contributed by atoms with van der Waals surface area (Å²) in [5, 5.41) is 11.5. The average molecular weight is 397 g/mol. The standard InChI is InChI=1S/C25H32O4/c1-15-9-10-20-24(3,4)21(26)11-12-25(20,5)17(15)14-28-19-13-22(27)29-18-8-6-7-16(2)23(18)19/h6-8,13,17,20-21,26H,1,9-12,14H2,2-5H3/t17-,20+,21+,25-/m0/s1. The van der Waals surface area contributed by atoms with Crippen LogP contribution >= 0.6 is 0 Å². The fraction of sp³-hybridized carbons (Fsp3) is 0.560. The van der Waals surface area contributed by atoms with Crippen LogP contribution in [0.3, 0.4) is 0 Å².